The number of thiophene rings is 1. The van der Waals surface area contributed by atoms with Crippen molar-refractivity contribution in [2.24, 2.45) is 0 Å². The van der Waals surface area contributed by atoms with Crippen molar-refractivity contribution in [3.05, 3.63) is 45.6 Å². The van der Waals surface area contributed by atoms with Crippen molar-refractivity contribution in [2.45, 2.75) is 31.7 Å². The number of rotatable bonds is 7. The van der Waals surface area contributed by atoms with E-state index in [0.717, 1.165) is 17.7 Å². The second kappa shape index (κ2) is 8.86. The lowest BCUT2D eigenvalue weighted by Gasteiger charge is -2.40. The zero-order valence-electron chi connectivity index (χ0n) is 17.6. The summed E-state index contributed by atoms with van der Waals surface area (Å²) in [5.74, 6) is 0.368. The summed E-state index contributed by atoms with van der Waals surface area (Å²) in [6, 6.07) is 7.05. The molecule has 2 amide bonds. The molecule has 2 atom stereocenters. The van der Waals surface area contributed by atoms with Crippen molar-refractivity contribution >= 4 is 23.2 Å². The fourth-order valence-corrected chi connectivity index (χ4v) is 4.78. The molecule has 1 aliphatic rings. The lowest BCUT2D eigenvalue weighted by molar-refractivity contribution is -0.133. The molecule has 0 aliphatic carbocycles. The number of methoxy groups -OCH3 is 2. The second-order valence-corrected chi connectivity index (χ2v) is 8.24. The average Bonchev–Trinajstić information content (AvgIpc) is 3.27. The van der Waals surface area contributed by atoms with Gasteiger partial charge in [-0.05, 0) is 35.6 Å². The van der Waals surface area contributed by atoms with Gasteiger partial charge in [-0.1, -0.05) is 19.4 Å². The van der Waals surface area contributed by atoms with E-state index in [0.29, 0.717) is 29.2 Å². The number of carbonyl (C=O) groups excluding carboxylic acids is 2. The first kappa shape index (κ1) is 21.2. The van der Waals surface area contributed by atoms with E-state index in [1.165, 1.54) is 7.11 Å². The second-order valence-electron chi connectivity index (χ2n) is 7.26. The Morgan fingerprint density at radius 2 is 1.93 bits per heavy atom. The highest BCUT2D eigenvalue weighted by Crippen LogP contribution is 2.47. The summed E-state index contributed by atoms with van der Waals surface area (Å²) in [7, 11) is 6.69. The van der Waals surface area contributed by atoms with Crippen LogP contribution >= 0.6 is 11.3 Å². The molecule has 0 bridgehead atoms. The normalized spacial score (nSPS) is 18.4. The lowest BCUT2D eigenvalue weighted by Crippen LogP contribution is -2.46. The third-order valence-electron chi connectivity index (χ3n) is 5.50. The summed E-state index contributed by atoms with van der Waals surface area (Å²) in [5, 5.41) is 1.97. The molecule has 6 nitrogen and oxygen atoms in total. The van der Waals surface area contributed by atoms with Crippen LogP contribution < -0.4 is 9.47 Å². The number of amides is 2. The monoisotopic (exact) mass is 416 g/mol. The number of ether oxygens (including phenoxy) is 2. The van der Waals surface area contributed by atoms with E-state index < -0.39 is 5.92 Å². The quantitative estimate of drug-likeness (QED) is 0.686. The third-order valence-corrected chi connectivity index (χ3v) is 6.44. The fourth-order valence-electron chi connectivity index (χ4n) is 3.87. The van der Waals surface area contributed by atoms with Gasteiger partial charge in [-0.15, -0.1) is 11.3 Å². The Labute approximate surface area is 176 Å². The molecule has 0 spiro atoms. The van der Waals surface area contributed by atoms with E-state index in [-0.39, 0.29) is 17.9 Å². The number of fused-ring (bicyclic) bond motifs is 1. The molecule has 2 aromatic rings. The number of benzene rings is 1. The van der Waals surface area contributed by atoms with Gasteiger partial charge >= 0.3 is 0 Å². The van der Waals surface area contributed by atoms with Crippen LogP contribution in [0.3, 0.4) is 0 Å². The minimum atomic E-state index is -0.506. The molecule has 0 N–H and O–H groups in total. The molecule has 0 saturated carbocycles. The van der Waals surface area contributed by atoms with Gasteiger partial charge in [0.25, 0.3) is 5.91 Å². The van der Waals surface area contributed by atoms with E-state index >= 15 is 0 Å². The van der Waals surface area contributed by atoms with E-state index in [2.05, 4.69) is 6.92 Å². The SMILES string of the molecule is CCCCN(C)C(=O)[C@H]1c2cc(OC)c(OC)cc2C(=O)N(C)[C@H]1c1cccs1. The van der Waals surface area contributed by atoms with E-state index in [1.54, 1.807) is 47.4 Å². The highest BCUT2D eigenvalue weighted by Gasteiger charge is 2.44. The minimum Gasteiger partial charge on any atom is -0.493 e. The first-order valence-corrected chi connectivity index (χ1v) is 10.6. The number of unbranched alkanes of at least 4 members (excludes halogenated alkanes) is 1. The van der Waals surface area contributed by atoms with E-state index in [9.17, 15) is 9.59 Å². The molecule has 0 radical (unpaired) electrons. The Bertz CT molecular complexity index is 881. The number of carbonyl (C=O) groups is 2. The topological polar surface area (TPSA) is 59.1 Å². The number of hydrogen-bond donors (Lipinski definition) is 0. The molecule has 29 heavy (non-hydrogen) atoms. The summed E-state index contributed by atoms with van der Waals surface area (Å²) in [6.07, 6.45) is 1.95. The van der Waals surface area contributed by atoms with Crippen LogP contribution in [0.5, 0.6) is 11.5 Å². The van der Waals surface area contributed by atoms with Crippen LogP contribution in [0.15, 0.2) is 29.6 Å². The number of hydrogen-bond acceptors (Lipinski definition) is 5. The third kappa shape index (κ3) is 3.83. The van der Waals surface area contributed by atoms with E-state index in [4.69, 9.17) is 9.47 Å². The molecular formula is C22H28N2O4S. The highest BCUT2D eigenvalue weighted by molar-refractivity contribution is 7.10. The summed E-state index contributed by atoms with van der Waals surface area (Å²) in [6.45, 7) is 2.79. The highest BCUT2D eigenvalue weighted by atomic mass is 32.1. The number of likely N-dealkylation sites (N-methyl/N-ethyl adjacent to an activating group) is 2. The van der Waals surface area contributed by atoms with Crippen LogP contribution in [0.4, 0.5) is 0 Å². The van der Waals surface area contributed by atoms with Gasteiger partial charge in [0.1, 0.15) is 0 Å². The Morgan fingerprint density at radius 1 is 1.24 bits per heavy atom. The van der Waals surface area contributed by atoms with Crippen LogP contribution in [0.25, 0.3) is 0 Å². The number of nitrogens with zero attached hydrogens (tertiary/aromatic N) is 2. The first-order chi connectivity index (χ1) is 13.9. The van der Waals surface area contributed by atoms with Crippen molar-refractivity contribution in [2.75, 3.05) is 34.9 Å². The molecule has 0 fully saturated rings. The molecule has 0 unspecified atom stereocenters. The first-order valence-electron chi connectivity index (χ1n) is 9.76. The molecule has 1 aromatic heterocycles. The molecule has 0 saturated heterocycles. The molecule has 2 heterocycles. The standard InChI is InChI=1S/C22H28N2O4S/c1-6-7-10-23(2)22(26)19-14-12-16(27-4)17(28-5)13-15(14)21(25)24(3)20(19)18-9-8-11-29-18/h8-9,11-13,19-20H,6-7,10H2,1-5H3/t19-,20-/m0/s1. The van der Waals surface area contributed by atoms with Gasteiger partial charge in [0.2, 0.25) is 5.91 Å². The maximum atomic E-state index is 13.6. The molecular weight excluding hydrogens is 388 g/mol. The zero-order chi connectivity index (χ0) is 21.1. The van der Waals surface area contributed by atoms with Crippen molar-refractivity contribution in [3.63, 3.8) is 0 Å². The zero-order valence-corrected chi connectivity index (χ0v) is 18.4. The molecule has 3 rings (SSSR count). The smallest absolute Gasteiger partial charge is 0.254 e. The van der Waals surface area contributed by atoms with Crippen molar-refractivity contribution in [1.29, 1.82) is 0 Å². The maximum absolute atomic E-state index is 13.6. The van der Waals surface area contributed by atoms with Gasteiger partial charge in [0.05, 0.1) is 26.2 Å². The molecule has 7 heteroatoms. The Balaban J connectivity index is 2.17. The Hall–Kier alpha value is -2.54. The van der Waals surface area contributed by atoms with Gasteiger partial charge in [0, 0.05) is 31.1 Å². The van der Waals surface area contributed by atoms with Crippen molar-refractivity contribution in [1.82, 2.24) is 9.80 Å². The summed E-state index contributed by atoms with van der Waals surface area (Å²) in [5.41, 5.74) is 1.18. The van der Waals surface area contributed by atoms with E-state index in [1.807, 2.05) is 24.6 Å². The minimum absolute atomic E-state index is 0.00432. The van der Waals surface area contributed by atoms with Crippen molar-refractivity contribution < 1.29 is 19.1 Å². The Kier molecular flexibility index (Phi) is 6.47. The summed E-state index contributed by atoms with van der Waals surface area (Å²) < 4.78 is 10.9. The van der Waals surface area contributed by atoms with Crippen molar-refractivity contribution in [3.8, 4) is 11.5 Å². The largest absolute Gasteiger partial charge is 0.493 e. The van der Waals surface area contributed by atoms with Gasteiger partial charge in [-0.2, -0.15) is 0 Å². The van der Waals surface area contributed by atoms with Gasteiger partial charge in [0.15, 0.2) is 11.5 Å². The van der Waals surface area contributed by atoms with Crippen LogP contribution in [0.2, 0.25) is 0 Å². The van der Waals surface area contributed by atoms with Gasteiger partial charge in [-0.3, -0.25) is 9.59 Å². The summed E-state index contributed by atoms with van der Waals surface area (Å²) >= 11 is 1.56. The van der Waals surface area contributed by atoms with Gasteiger partial charge < -0.3 is 19.3 Å². The van der Waals surface area contributed by atoms with Gasteiger partial charge in [-0.25, -0.2) is 0 Å². The van der Waals surface area contributed by atoms with Crippen LogP contribution in [-0.4, -0.2) is 56.5 Å². The van der Waals surface area contributed by atoms with Crippen LogP contribution in [0, 0.1) is 0 Å². The molecule has 156 valence electrons. The summed E-state index contributed by atoms with van der Waals surface area (Å²) in [4.78, 5) is 31.3. The average molecular weight is 417 g/mol. The maximum Gasteiger partial charge on any atom is 0.254 e. The fraction of sp³-hybridized carbons (Fsp3) is 0.455. The van der Waals surface area contributed by atoms with Crippen LogP contribution in [-0.2, 0) is 4.79 Å². The molecule has 1 aromatic carbocycles. The van der Waals surface area contributed by atoms with Crippen LogP contribution in [0.1, 0.15) is 52.5 Å². The lowest BCUT2D eigenvalue weighted by atomic mass is 9.81. The molecule has 1 aliphatic heterocycles. The Morgan fingerprint density at radius 3 is 2.52 bits per heavy atom. The predicted molar refractivity (Wildman–Crippen MR) is 114 cm³/mol. The predicted octanol–water partition coefficient (Wildman–Crippen LogP) is 3.93.